The van der Waals surface area contributed by atoms with E-state index in [1.54, 1.807) is 0 Å². The Bertz CT molecular complexity index is 731. The van der Waals surface area contributed by atoms with E-state index in [4.69, 9.17) is 0 Å². The second kappa shape index (κ2) is 6.32. The number of hydrogen-bond acceptors (Lipinski definition) is 2. The molecule has 0 amide bonds. The number of aromatic nitrogens is 1. The maximum Gasteiger partial charge on any atom is 0.254 e. The molecule has 1 aromatic carbocycles. The first-order valence-corrected chi connectivity index (χ1v) is 7.80. The fraction of sp³-hybridized carbons (Fsp3) is 0.316. The van der Waals surface area contributed by atoms with Crippen LogP contribution in [-0.2, 0) is 19.4 Å². The van der Waals surface area contributed by atoms with Crippen molar-refractivity contribution in [2.24, 2.45) is 0 Å². The van der Waals surface area contributed by atoms with Crippen LogP contribution < -0.4 is 5.56 Å². The molecule has 2 aromatic rings. The van der Waals surface area contributed by atoms with Gasteiger partial charge in [-0.25, -0.2) is 0 Å². The van der Waals surface area contributed by atoms with Crippen molar-refractivity contribution in [3.8, 4) is 0 Å². The molecule has 3 rings (SSSR count). The Morgan fingerprint density at radius 3 is 2.77 bits per heavy atom. The number of fused-ring (bicyclic) bond motifs is 1. The summed E-state index contributed by atoms with van der Waals surface area (Å²) >= 11 is 0. The summed E-state index contributed by atoms with van der Waals surface area (Å²) in [4.78, 5) is 12.9. The first-order valence-electron chi connectivity index (χ1n) is 7.80. The van der Waals surface area contributed by atoms with Crippen molar-refractivity contribution in [1.82, 2.24) is 4.57 Å². The maximum atomic E-state index is 12.9. The molecule has 0 spiro atoms. The van der Waals surface area contributed by atoms with Crippen LogP contribution in [0.2, 0.25) is 0 Å². The van der Waals surface area contributed by atoms with Gasteiger partial charge in [0.15, 0.2) is 0 Å². The van der Waals surface area contributed by atoms with Crippen molar-refractivity contribution >= 4 is 0 Å². The third-order valence-corrected chi connectivity index (χ3v) is 4.35. The third-order valence-electron chi connectivity index (χ3n) is 4.35. The summed E-state index contributed by atoms with van der Waals surface area (Å²) in [6.45, 7) is 4.45. The lowest BCUT2D eigenvalue weighted by Gasteiger charge is -2.23. The Morgan fingerprint density at radius 1 is 1.27 bits per heavy atom. The quantitative estimate of drug-likeness (QED) is 0.881. The minimum Gasteiger partial charge on any atom is -0.384 e. The van der Waals surface area contributed by atoms with Gasteiger partial charge in [-0.3, -0.25) is 4.79 Å². The molecule has 1 unspecified atom stereocenters. The van der Waals surface area contributed by atoms with Gasteiger partial charge in [-0.05, 0) is 36.5 Å². The summed E-state index contributed by atoms with van der Waals surface area (Å²) in [5.41, 5.74) is 3.54. The van der Waals surface area contributed by atoms with Gasteiger partial charge < -0.3 is 9.67 Å². The Hall–Kier alpha value is -2.13. The molecule has 22 heavy (non-hydrogen) atoms. The number of nitrogens with zero attached hydrogens (tertiary/aromatic N) is 1. The van der Waals surface area contributed by atoms with Crippen LogP contribution in [0.3, 0.4) is 0 Å². The Labute approximate surface area is 130 Å². The molecule has 0 radical (unpaired) electrons. The monoisotopic (exact) mass is 295 g/mol. The normalized spacial score (nSPS) is 15.1. The van der Waals surface area contributed by atoms with E-state index in [2.05, 4.69) is 6.58 Å². The summed E-state index contributed by atoms with van der Waals surface area (Å²) < 4.78 is 1.88. The zero-order chi connectivity index (χ0) is 15.5. The molecule has 0 aliphatic carbocycles. The van der Waals surface area contributed by atoms with Crippen molar-refractivity contribution in [3.05, 3.63) is 81.8 Å². The number of benzene rings is 1. The van der Waals surface area contributed by atoms with Crippen LogP contribution in [0.4, 0.5) is 0 Å². The lowest BCUT2D eigenvalue weighted by Crippen LogP contribution is -2.31. The smallest absolute Gasteiger partial charge is 0.254 e. The van der Waals surface area contributed by atoms with Crippen LogP contribution in [-0.4, -0.2) is 9.67 Å². The predicted molar refractivity (Wildman–Crippen MR) is 88.0 cm³/mol. The fourth-order valence-electron chi connectivity index (χ4n) is 3.16. The topological polar surface area (TPSA) is 42.2 Å². The predicted octanol–water partition coefficient (Wildman–Crippen LogP) is 2.99. The van der Waals surface area contributed by atoms with Gasteiger partial charge in [0, 0.05) is 24.2 Å². The van der Waals surface area contributed by atoms with Crippen molar-refractivity contribution in [2.45, 2.75) is 38.3 Å². The highest BCUT2D eigenvalue weighted by Gasteiger charge is 2.20. The molecule has 1 N–H and O–H groups in total. The summed E-state index contributed by atoms with van der Waals surface area (Å²) in [5.74, 6) is 0. The van der Waals surface area contributed by atoms with E-state index in [1.807, 2.05) is 41.0 Å². The van der Waals surface area contributed by atoms with Crippen molar-refractivity contribution in [1.29, 1.82) is 0 Å². The van der Waals surface area contributed by atoms with E-state index in [9.17, 15) is 9.90 Å². The SMILES string of the molecule is C=CC(O)c1cc2n(c(=O)c1Cc1ccccc1)CCCC2. The molecule has 2 heterocycles. The highest BCUT2D eigenvalue weighted by molar-refractivity contribution is 5.36. The molecule has 0 saturated heterocycles. The standard InChI is InChI=1S/C19H21NO2/c1-2-18(21)16-13-15-10-6-7-11-20(15)19(22)17(16)12-14-8-4-3-5-9-14/h2-5,8-9,13,18,21H,1,6-7,10-12H2. The van der Waals surface area contributed by atoms with Crippen molar-refractivity contribution in [2.75, 3.05) is 0 Å². The average molecular weight is 295 g/mol. The molecule has 0 bridgehead atoms. The van der Waals surface area contributed by atoms with Gasteiger partial charge in [-0.15, -0.1) is 6.58 Å². The number of rotatable bonds is 4. The molecule has 1 aromatic heterocycles. The fourth-order valence-corrected chi connectivity index (χ4v) is 3.16. The third kappa shape index (κ3) is 2.77. The van der Waals surface area contributed by atoms with Crippen LogP contribution in [0.15, 0.2) is 53.8 Å². The maximum absolute atomic E-state index is 12.9. The van der Waals surface area contributed by atoms with Gasteiger partial charge in [0.05, 0.1) is 6.10 Å². The molecule has 0 fully saturated rings. The summed E-state index contributed by atoms with van der Waals surface area (Å²) in [6, 6.07) is 11.9. The molecule has 114 valence electrons. The Balaban J connectivity index is 2.13. The van der Waals surface area contributed by atoms with Gasteiger partial charge in [0.25, 0.3) is 5.56 Å². The van der Waals surface area contributed by atoms with Gasteiger partial charge in [-0.2, -0.15) is 0 Å². The molecular formula is C19H21NO2. The van der Waals surface area contributed by atoms with Gasteiger partial charge in [0.2, 0.25) is 0 Å². The Kier molecular flexibility index (Phi) is 4.25. The highest BCUT2D eigenvalue weighted by Crippen LogP contribution is 2.23. The van der Waals surface area contributed by atoms with Crippen LogP contribution in [0.1, 0.15) is 41.3 Å². The lowest BCUT2D eigenvalue weighted by molar-refractivity contribution is 0.227. The zero-order valence-electron chi connectivity index (χ0n) is 12.7. The summed E-state index contributed by atoms with van der Waals surface area (Å²) in [7, 11) is 0. The minimum atomic E-state index is -0.792. The Morgan fingerprint density at radius 2 is 2.05 bits per heavy atom. The van der Waals surface area contributed by atoms with E-state index < -0.39 is 6.10 Å². The van der Waals surface area contributed by atoms with Gasteiger partial charge >= 0.3 is 0 Å². The second-order valence-electron chi connectivity index (χ2n) is 5.83. The largest absolute Gasteiger partial charge is 0.384 e. The van der Waals surface area contributed by atoms with Gasteiger partial charge in [-0.1, -0.05) is 36.4 Å². The molecule has 0 saturated carbocycles. The van der Waals surface area contributed by atoms with E-state index >= 15 is 0 Å². The van der Waals surface area contributed by atoms with E-state index in [-0.39, 0.29) is 5.56 Å². The molecule has 3 nitrogen and oxygen atoms in total. The molecular weight excluding hydrogens is 274 g/mol. The molecule has 1 aliphatic rings. The van der Waals surface area contributed by atoms with Crippen LogP contribution >= 0.6 is 0 Å². The van der Waals surface area contributed by atoms with Gasteiger partial charge in [0.1, 0.15) is 0 Å². The molecule has 1 atom stereocenters. The van der Waals surface area contributed by atoms with E-state index in [0.717, 1.165) is 37.1 Å². The first kappa shape index (κ1) is 14.8. The number of aryl methyl sites for hydroxylation is 1. The van der Waals surface area contributed by atoms with E-state index in [0.29, 0.717) is 17.5 Å². The second-order valence-corrected chi connectivity index (χ2v) is 5.83. The van der Waals surface area contributed by atoms with Crippen LogP contribution in [0.5, 0.6) is 0 Å². The van der Waals surface area contributed by atoms with Crippen molar-refractivity contribution in [3.63, 3.8) is 0 Å². The number of hydrogen-bond donors (Lipinski definition) is 1. The van der Waals surface area contributed by atoms with Crippen LogP contribution in [0.25, 0.3) is 0 Å². The molecule has 1 aliphatic heterocycles. The zero-order valence-corrected chi connectivity index (χ0v) is 12.7. The first-order chi connectivity index (χ1) is 10.7. The van der Waals surface area contributed by atoms with Crippen molar-refractivity contribution < 1.29 is 5.11 Å². The number of aliphatic hydroxyl groups is 1. The molecule has 3 heteroatoms. The lowest BCUT2D eigenvalue weighted by atomic mass is 9.95. The van der Waals surface area contributed by atoms with Crippen LogP contribution in [0, 0.1) is 0 Å². The average Bonchev–Trinajstić information content (AvgIpc) is 2.57. The minimum absolute atomic E-state index is 0.0388. The summed E-state index contributed by atoms with van der Waals surface area (Å²) in [6.07, 6.45) is 4.28. The number of aliphatic hydroxyl groups excluding tert-OH is 1. The number of pyridine rings is 1. The highest BCUT2D eigenvalue weighted by atomic mass is 16.3. The summed E-state index contributed by atoms with van der Waals surface area (Å²) in [5, 5.41) is 10.2. The van der Waals surface area contributed by atoms with E-state index in [1.165, 1.54) is 6.08 Å².